The van der Waals surface area contributed by atoms with Gasteiger partial charge in [0.1, 0.15) is 23.0 Å². The number of aliphatic hydroxyl groups excluding tert-OH is 1. The number of aliphatic hydroxyl groups is 1. The molecule has 0 unspecified atom stereocenters. The van der Waals surface area contributed by atoms with Gasteiger partial charge < -0.3 is 25.0 Å². The second-order valence-corrected chi connectivity index (χ2v) is 8.90. The van der Waals surface area contributed by atoms with Crippen molar-refractivity contribution in [2.24, 2.45) is 0 Å². The van der Waals surface area contributed by atoms with Crippen LogP contribution in [-0.2, 0) is 12.1 Å². The van der Waals surface area contributed by atoms with Crippen LogP contribution in [0.3, 0.4) is 0 Å². The minimum atomic E-state index is -1.30. The Kier molecular flexibility index (Phi) is 4.87. The highest BCUT2D eigenvalue weighted by Gasteiger charge is 2.54. The van der Waals surface area contributed by atoms with Crippen molar-refractivity contribution in [1.82, 2.24) is 14.8 Å². The Balaban J connectivity index is 1.62. The Morgan fingerprint density at radius 1 is 1.24 bits per heavy atom. The lowest BCUT2D eigenvalue weighted by Crippen LogP contribution is -2.54. The molecule has 0 radical (unpaired) electrons. The summed E-state index contributed by atoms with van der Waals surface area (Å²) in [5.74, 6) is -6.22. The Labute approximate surface area is 190 Å². The highest BCUT2D eigenvalue weighted by atomic mass is 19.1. The lowest BCUT2D eigenvalue weighted by molar-refractivity contribution is 0.0488. The van der Waals surface area contributed by atoms with Crippen molar-refractivity contribution in [3.8, 4) is 5.75 Å². The van der Waals surface area contributed by atoms with Gasteiger partial charge in [-0.25, -0.2) is 13.2 Å². The van der Waals surface area contributed by atoms with Gasteiger partial charge in [-0.1, -0.05) is 12.2 Å². The summed E-state index contributed by atoms with van der Waals surface area (Å²) in [5.41, 5.74) is -3.73. The van der Waals surface area contributed by atoms with E-state index in [1.807, 2.05) is 12.2 Å². The number of hydrogen-bond acceptors (Lipinski definition) is 5. The van der Waals surface area contributed by atoms with E-state index in [9.17, 15) is 37.8 Å². The molecule has 0 fully saturated rings. The summed E-state index contributed by atoms with van der Waals surface area (Å²) < 4.78 is 42.5. The monoisotopic (exact) mass is 475 g/mol. The zero-order valence-electron chi connectivity index (χ0n) is 17.9. The number of carbonyl (C=O) groups is 2. The van der Waals surface area contributed by atoms with Gasteiger partial charge in [-0.3, -0.25) is 14.4 Å². The fourth-order valence-electron chi connectivity index (χ4n) is 5.27. The largest absolute Gasteiger partial charge is 0.503 e. The molecule has 4 heterocycles. The maximum atomic E-state index is 14.0. The number of fused-ring (bicyclic) bond motifs is 1. The van der Waals surface area contributed by atoms with E-state index in [0.717, 1.165) is 0 Å². The SMILES string of the molecule is C[C@H]1C=CC[C@]23C[C@@H](O)c4c(C(=O)NCc5c(F)cc(F)cc5F)c(=O)c(O)c(n42)C(=O)N1C3. The summed E-state index contributed by atoms with van der Waals surface area (Å²) in [4.78, 5) is 40.7. The number of aromatic nitrogens is 1. The topological polar surface area (TPSA) is 112 Å². The number of carbonyl (C=O) groups excluding carboxylic acids is 2. The first-order valence-corrected chi connectivity index (χ1v) is 10.7. The number of rotatable bonds is 3. The summed E-state index contributed by atoms with van der Waals surface area (Å²) in [5, 5.41) is 23.8. The Bertz CT molecular complexity index is 1330. The van der Waals surface area contributed by atoms with Crippen LogP contribution < -0.4 is 10.7 Å². The molecule has 0 saturated heterocycles. The molecule has 1 aromatic carbocycles. The van der Waals surface area contributed by atoms with Crippen LogP contribution in [0.5, 0.6) is 5.75 Å². The Hall–Kier alpha value is -3.60. The van der Waals surface area contributed by atoms with Crippen LogP contribution in [0.4, 0.5) is 13.2 Å². The third kappa shape index (κ3) is 2.99. The number of aromatic hydroxyl groups is 1. The van der Waals surface area contributed by atoms with Crippen LogP contribution in [-0.4, -0.2) is 44.1 Å². The molecule has 11 heteroatoms. The van der Waals surface area contributed by atoms with E-state index < -0.39 is 69.8 Å². The second-order valence-electron chi connectivity index (χ2n) is 8.90. The Morgan fingerprint density at radius 3 is 2.59 bits per heavy atom. The molecule has 2 amide bonds. The van der Waals surface area contributed by atoms with Crippen molar-refractivity contribution in [3.05, 3.63) is 74.5 Å². The van der Waals surface area contributed by atoms with Crippen LogP contribution in [0.1, 0.15) is 58.0 Å². The van der Waals surface area contributed by atoms with E-state index in [1.54, 1.807) is 6.92 Å². The smallest absolute Gasteiger partial charge is 0.275 e. The first-order valence-electron chi connectivity index (χ1n) is 10.7. The third-order valence-electron chi connectivity index (χ3n) is 6.84. The van der Waals surface area contributed by atoms with Crippen molar-refractivity contribution in [2.75, 3.05) is 6.54 Å². The molecule has 2 aromatic rings. The predicted molar refractivity (Wildman–Crippen MR) is 112 cm³/mol. The first kappa shape index (κ1) is 22.2. The van der Waals surface area contributed by atoms with Crippen LogP contribution in [0.15, 0.2) is 29.1 Å². The minimum absolute atomic E-state index is 0.0885. The number of benzene rings is 1. The maximum Gasteiger partial charge on any atom is 0.275 e. The van der Waals surface area contributed by atoms with E-state index in [4.69, 9.17) is 0 Å². The van der Waals surface area contributed by atoms with Crippen molar-refractivity contribution >= 4 is 11.8 Å². The molecular weight excluding hydrogens is 455 g/mol. The van der Waals surface area contributed by atoms with E-state index in [1.165, 1.54) is 9.47 Å². The van der Waals surface area contributed by atoms with Gasteiger partial charge in [-0.05, 0) is 13.3 Å². The molecule has 3 aliphatic rings. The molecule has 3 N–H and O–H groups in total. The fourth-order valence-corrected chi connectivity index (χ4v) is 5.27. The van der Waals surface area contributed by atoms with Gasteiger partial charge in [-0.2, -0.15) is 0 Å². The molecule has 8 nitrogen and oxygen atoms in total. The third-order valence-corrected chi connectivity index (χ3v) is 6.84. The number of pyridine rings is 1. The zero-order valence-corrected chi connectivity index (χ0v) is 17.9. The number of amides is 2. The lowest BCUT2D eigenvalue weighted by Gasteiger charge is -2.43. The standard InChI is InChI=1S/C23H20F3N3O5/c1-10-3-2-4-23-7-15(30)17-16(19(31)20(32)18(29(17)23)22(34)28(10)9-23)21(33)27-8-12-13(25)5-11(24)6-14(12)26/h2-3,5-6,10,15,30,32H,4,7-9H2,1H3,(H,27,33)/t10-,15+,23+/m0/s1. The highest BCUT2D eigenvalue weighted by molar-refractivity contribution is 6.01. The maximum absolute atomic E-state index is 14.0. The van der Waals surface area contributed by atoms with Crippen LogP contribution in [0, 0.1) is 17.5 Å². The zero-order chi connectivity index (χ0) is 24.5. The highest BCUT2D eigenvalue weighted by Crippen LogP contribution is 2.49. The van der Waals surface area contributed by atoms with Crippen LogP contribution >= 0.6 is 0 Å². The normalized spacial score (nSPS) is 24.7. The number of nitrogens with zero attached hydrogens (tertiary/aromatic N) is 2. The van der Waals surface area contributed by atoms with Crippen LogP contribution in [0.2, 0.25) is 0 Å². The average molecular weight is 475 g/mol. The van der Waals surface area contributed by atoms with E-state index in [0.29, 0.717) is 18.6 Å². The summed E-state index contributed by atoms with van der Waals surface area (Å²) in [6.07, 6.45) is 2.84. The van der Waals surface area contributed by atoms with Gasteiger partial charge >= 0.3 is 0 Å². The van der Waals surface area contributed by atoms with Crippen molar-refractivity contribution in [2.45, 2.75) is 44.0 Å². The van der Waals surface area contributed by atoms with Crippen molar-refractivity contribution < 1.29 is 33.0 Å². The number of halogens is 3. The number of hydrogen-bond donors (Lipinski definition) is 3. The molecule has 5 rings (SSSR count). The molecule has 34 heavy (non-hydrogen) atoms. The van der Waals surface area contributed by atoms with Gasteiger partial charge in [-0.15, -0.1) is 0 Å². The van der Waals surface area contributed by atoms with Crippen molar-refractivity contribution in [3.63, 3.8) is 0 Å². The summed E-state index contributed by atoms with van der Waals surface area (Å²) in [7, 11) is 0. The fraction of sp³-hybridized carbons (Fsp3) is 0.348. The number of allylic oxidation sites excluding steroid dienone is 1. The molecule has 178 valence electrons. The molecular formula is C23H20F3N3O5. The minimum Gasteiger partial charge on any atom is -0.503 e. The predicted octanol–water partition coefficient (Wildman–Crippen LogP) is 1.84. The molecule has 1 spiro atoms. The first-order chi connectivity index (χ1) is 16.1. The van der Waals surface area contributed by atoms with Gasteiger partial charge in [0.05, 0.1) is 17.3 Å². The quantitative estimate of drug-likeness (QED) is 0.587. The lowest BCUT2D eigenvalue weighted by atomic mass is 9.89. The van der Waals surface area contributed by atoms with Gasteiger partial charge in [0.15, 0.2) is 11.4 Å². The number of nitrogens with one attached hydrogen (secondary N) is 1. The molecule has 3 atom stereocenters. The van der Waals surface area contributed by atoms with E-state index >= 15 is 0 Å². The van der Waals surface area contributed by atoms with Crippen LogP contribution in [0.25, 0.3) is 0 Å². The summed E-state index contributed by atoms with van der Waals surface area (Å²) in [6.45, 7) is 1.28. The Morgan fingerprint density at radius 2 is 1.91 bits per heavy atom. The van der Waals surface area contributed by atoms with Crippen molar-refractivity contribution in [1.29, 1.82) is 0 Å². The van der Waals surface area contributed by atoms with Gasteiger partial charge in [0.25, 0.3) is 11.8 Å². The van der Waals surface area contributed by atoms with E-state index in [2.05, 4.69) is 5.32 Å². The molecule has 1 aromatic heterocycles. The molecule has 3 aliphatic heterocycles. The van der Waals surface area contributed by atoms with Gasteiger partial charge in [0, 0.05) is 43.2 Å². The molecule has 0 saturated carbocycles. The molecule has 2 bridgehead atoms. The summed E-state index contributed by atoms with van der Waals surface area (Å²) in [6, 6.07) is 0.601. The van der Waals surface area contributed by atoms with E-state index in [-0.39, 0.29) is 30.4 Å². The second kappa shape index (κ2) is 7.45. The summed E-state index contributed by atoms with van der Waals surface area (Å²) >= 11 is 0. The molecule has 0 aliphatic carbocycles. The average Bonchev–Trinajstić information content (AvgIpc) is 2.94. The van der Waals surface area contributed by atoms with Gasteiger partial charge in [0.2, 0.25) is 5.43 Å².